The van der Waals surface area contributed by atoms with Crippen LogP contribution in [0.3, 0.4) is 0 Å². The first-order chi connectivity index (χ1) is 7.66. The van der Waals surface area contributed by atoms with Crippen LogP contribution in [0.2, 0.25) is 0 Å². The van der Waals surface area contributed by atoms with Gasteiger partial charge in [-0.2, -0.15) is 5.10 Å². The summed E-state index contributed by atoms with van der Waals surface area (Å²) in [4.78, 5) is 11.9. The Kier molecular flexibility index (Phi) is 3.27. The molecule has 4 heteroatoms. The van der Waals surface area contributed by atoms with Crippen LogP contribution >= 0.6 is 0 Å². The van der Waals surface area contributed by atoms with E-state index in [2.05, 4.69) is 17.3 Å². The van der Waals surface area contributed by atoms with Crippen molar-refractivity contribution in [1.29, 1.82) is 0 Å². The second-order valence-electron chi connectivity index (χ2n) is 4.72. The van der Waals surface area contributed by atoms with E-state index in [1.165, 1.54) is 19.3 Å². The number of carbonyl (C=O) groups is 1. The van der Waals surface area contributed by atoms with Crippen molar-refractivity contribution < 1.29 is 4.79 Å². The van der Waals surface area contributed by atoms with Crippen molar-refractivity contribution in [2.45, 2.75) is 38.6 Å². The van der Waals surface area contributed by atoms with E-state index in [1.54, 1.807) is 16.9 Å². The number of aryl methyl sites for hydroxylation is 1. The summed E-state index contributed by atoms with van der Waals surface area (Å²) in [6.45, 7) is 2.21. The zero-order valence-corrected chi connectivity index (χ0v) is 9.94. The molecule has 0 aliphatic heterocycles. The molecule has 1 aliphatic carbocycles. The van der Waals surface area contributed by atoms with E-state index in [0.29, 0.717) is 17.7 Å². The Morgan fingerprint density at radius 1 is 1.50 bits per heavy atom. The van der Waals surface area contributed by atoms with Gasteiger partial charge in [-0.05, 0) is 24.8 Å². The zero-order chi connectivity index (χ0) is 11.5. The maximum Gasteiger partial charge on any atom is 0.272 e. The Morgan fingerprint density at radius 2 is 2.25 bits per heavy atom. The molecular formula is C12H19N3O. The molecule has 0 saturated heterocycles. The van der Waals surface area contributed by atoms with Gasteiger partial charge in [-0.1, -0.05) is 19.8 Å². The minimum absolute atomic E-state index is 0.0423. The third-order valence-corrected chi connectivity index (χ3v) is 3.37. The predicted molar refractivity (Wildman–Crippen MR) is 62.1 cm³/mol. The standard InChI is InChI=1S/C12H19N3O/c1-9-5-3-4-6-10(9)13-12(16)11-7-8-15(2)14-11/h7-10H,3-6H2,1-2H3,(H,13,16). The molecule has 88 valence electrons. The van der Waals surface area contributed by atoms with Crippen molar-refractivity contribution in [3.63, 3.8) is 0 Å². The van der Waals surface area contributed by atoms with Crippen molar-refractivity contribution in [1.82, 2.24) is 15.1 Å². The van der Waals surface area contributed by atoms with Gasteiger partial charge in [-0.25, -0.2) is 0 Å². The molecule has 2 unspecified atom stereocenters. The fourth-order valence-corrected chi connectivity index (χ4v) is 2.31. The first-order valence-electron chi connectivity index (χ1n) is 5.97. The average molecular weight is 221 g/mol. The summed E-state index contributed by atoms with van der Waals surface area (Å²) in [6.07, 6.45) is 6.61. The lowest BCUT2D eigenvalue weighted by molar-refractivity contribution is 0.0904. The maximum atomic E-state index is 11.9. The smallest absolute Gasteiger partial charge is 0.272 e. The SMILES string of the molecule is CC1CCCCC1NC(=O)c1ccn(C)n1. The van der Waals surface area contributed by atoms with Gasteiger partial charge in [0.2, 0.25) is 0 Å². The minimum Gasteiger partial charge on any atom is -0.348 e. The summed E-state index contributed by atoms with van der Waals surface area (Å²) in [5, 5.41) is 7.19. The molecule has 0 radical (unpaired) electrons. The number of nitrogens with zero attached hydrogens (tertiary/aromatic N) is 2. The monoisotopic (exact) mass is 221 g/mol. The third-order valence-electron chi connectivity index (χ3n) is 3.37. The molecule has 0 aromatic carbocycles. The molecule has 1 aromatic rings. The number of carbonyl (C=O) groups excluding carboxylic acids is 1. The molecule has 2 rings (SSSR count). The second-order valence-corrected chi connectivity index (χ2v) is 4.72. The summed E-state index contributed by atoms with van der Waals surface area (Å²) in [7, 11) is 1.82. The lowest BCUT2D eigenvalue weighted by Crippen LogP contribution is -2.41. The Hall–Kier alpha value is -1.32. The first-order valence-corrected chi connectivity index (χ1v) is 5.97. The van der Waals surface area contributed by atoms with Gasteiger partial charge in [0.25, 0.3) is 5.91 Å². The normalized spacial score (nSPS) is 25.4. The fraction of sp³-hybridized carbons (Fsp3) is 0.667. The lowest BCUT2D eigenvalue weighted by Gasteiger charge is -2.29. The molecule has 1 N–H and O–H groups in total. The van der Waals surface area contributed by atoms with Crippen LogP contribution in [0.5, 0.6) is 0 Å². The van der Waals surface area contributed by atoms with E-state index >= 15 is 0 Å². The molecule has 1 aliphatic rings. The van der Waals surface area contributed by atoms with Crippen LogP contribution < -0.4 is 5.32 Å². The van der Waals surface area contributed by atoms with Gasteiger partial charge in [-0.3, -0.25) is 9.48 Å². The van der Waals surface area contributed by atoms with Gasteiger partial charge in [-0.15, -0.1) is 0 Å². The number of hydrogen-bond acceptors (Lipinski definition) is 2. The average Bonchev–Trinajstić information content (AvgIpc) is 2.68. The van der Waals surface area contributed by atoms with Crippen molar-refractivity contribution in [2.24, 2.45) is 13.0 Å². The number of nitrogens with one attached hydrogen (secondary N) is 1. The molecule has 1 saturated carbocycles. The highest BCUT2D eigenvalue weighted by Crippen LogP contribution is 2.23. The van der Waals surface area contributed by atoms with Gasteiger partial charge in [0.1, 0.15) is 5.69 Å². The Bertz CT molecular complexity index is 372. The number of aromatic nitrogens is 2. The van der Waals surface area contributed by atoms with Crippen LogP contribution in [0.1, 0.15) is 43.1 Å². The number of rotatable bonds is 2. The van der Waals surface area contributed by atoms with Crippen LogP contribution in [0.15, 0.2) is 12.3 Å². The maximum absolute atomic E-state index is 11.9. The molecule has 2 atom stereocenters. The topological polar surface area (TPSA) is 46.9 Å². The van der Waals surface area contributed by atoms with E-state index in [0.717, 1.165) is 6.42 Å². The summed E-state index contributed by atoms with van der Waals surface area (Å²) >= 11 is 0. The van der Waals surface area contributed by atoms with Crippen molar-refractivity contribution >= 4 is 5.91 Å². The molecule has 1 heterocycles. The summed E-state index contributed by atoms with van der Waals surface area (Å²) < 4.78 is 1.65. The minimum atomic E-state index is -0.0423. The molecule has 16 heavy (non-hydrogen) atoms. The Labute approximate surface area is 96.0 Å². The lowest BCUT2D eigenvalue weighted by atomic mass is 9.86. The summed E-state index contributed by atoms with van der Waals surface area (Å²) in [5.74, 6) is 0.542. The van der Waals surface area contributed by atoms with E-state index in [1.807, 2.05) is 7.05 Å². The molecule has 1 amide bonds. The van der Waals surface area contributed by atoms with E-state index in [4.69, 9.17) is 0 Å². The highest BCUT2D eigenvalue weighted by atomic mass is 16.2. The van der Waals surface area contributed by atoms with Gasteiger partial charge in [0.05, 0.1) is 0 Å². The predicted octanol–water partition coefficient (Wildman–Crippen LogP) is 1.73. The van der Waals surface area contributed by atoms with Gasteiger partial charge in [0, 0.05) is 19.3 Å². The number of hydrogen-bond donors (Lipinski definition) is 1. The van der Waals surface area contributed by atoms with Crippen molar-refractivity contribution in [3.8, 4) is 0 Å². The second kappa shape index (κ2) is 4.68. The summed E-state index contributed by atoms with van der Waals surface area (Å²) in [6, 6.07) is 2.08. The fourth-order valence-electron chi connectivity index (χ4n) is 2.31. The van der Waals surface area contributed by atoms with Crippen LogP contribution in [0.4, 0.5) is 0 Å². The van der Waals surface area contributed by atoms with Crippen LogP contribution in [-0.4, -0.2) is 21.7 Å². The quantitative estimate of drug-likeness (QED) is 0.826. The van der Waals surface area contributed by atoms with Crippen LogP contribution in [0, 0.1) is 5.92 Å². The highest BCUT2D eigenvalue weighted by Gasteiger charge is 2.23. The largest absolute Gasteiger partial charge is 0.348 e. The van der Waals surface area contributed by atoms with E-state index < -0.39 is 0 Å². The molecule has 0 bridgehead atoms. The molecule has 1 aromatic heterocycles. The molecular weight excluding hydrogens is 202 g/mol. The van der Waals surface area contributed by atoms with Gasteiger partial charge >= 0.3 is 0 Å². The van der Waals surface area contributed by atoms with E-state index in [-0.39, 0.29) is 5.91 Å². The highest BCUT2D eigenvalue weighted by molar-refractivity contribution is 5.92. The molecule has 0 spiro atoms. The molecule has 4 nitrogen and oxygen atoms in total. The first kappa shape index (κ1) is 11.2. The van der Waals surface area contributed by atoms with Gasteiger partial charge in [0.15, 0.2) is 0 Å². The Morgan fingerprint density at radius 3 is 2.88 bits per heavy atom. The van der Waals surface area contributed by atoms with Crippen molar-refractivity contribution in [2.75, 3.05) is 0 Å². The van der Waals surface area contributed by atoms with Crippen molar-refractivity contribution in [3.05, 3.63) is 18.0 Å². The zero-order valence-electron chi connectivity index (χ0n) is 9.94. The van der Waals surface area contributed by atoms with E-state index in [9.17, 15) is 4.79 Å². The van der Waals surface area contributed by atoms with Gasteiger partial charge < -0.3 is 5.32 Å². The van der Waals surface area contributed by atoms with Crippen LogP contribution in [-0.2, 0) is 7.05 Å². The molecule has 1 fully saturated rings. The Balaban J connectivity index is 1.96. The van der Waals surface area contributed by atoms with Crippen LogP contribution in [0.25, 0.3) is 0 Å². The third kappa shape index (κ3) is 2.43. The number of amides is 1. The summed E-state index contributed by atoms with van der Waals surface area (Å²) in [5.41, 5.74) is 0.514.